The molecule has 1 aliphatic rings. The first-order valence-corrected chi connectivity index (χ1v) is 41.8. The number of carbonyl (C=O) groups excluding carboxylic acids is 1. The molecule has 4 atom stereocenters. The van der Waals surface area contributed by atoms with E-state index < -0.39 is 12.2 Å². The van der Waals surface area contributed by atoms with Gasteiger partial charge in [0.1, 0.15) is 6.61 Å². The number of aliphatic hydroxyl groups excluding tert-OH is 4. The van der Waals surface area contributed by atoms with E-state index in [2.05, 4.69) is 95.9 Å². The lowest BCUT2D eigenvalue weighted by molar-refractivity contribution is -0.144. The van der Waals surface area contributed by atoms with Crippen LogP contribution in [0.15, 0.2) is 48.6 Å². The molecule has 0 saturated carbocycles. The fourth-order valence-corrected chi connectivity index (χ4v) is 14.6. The van der Waals surface area contributed by atoms with Gasteiger partial charge in [-0.15, -0.1) is 0 Å². The summed E-state index contributed by atoms with van der Waals surface area (Å²) in [5.74, 6) is 2.01. The van der Waals surface area contributed by atoms with Gasteiger partial charge < -0.3 is 25.2 Å². The third-order valence-electron chi connectivity index (χ3n) is 18.4. The van der Waals surface area contributed by atoms with Gasteiger partial charge in [0.2, 0.25) is 0 Å². The average molecular weight is 1320 g/mol. The number of rotatable bonds is 71. The lowest BCUT2D eigenvalue weighted by Gasteiger charge is -2.34. The summed E-state index contributed by atoms with van der Waals surface area (Å²) in [4.78, 5) is 22.5. The first-order chi connectivity index (χ1) is 44.7. The molecule has 0 aromatic rings. The largest absolute Gasteiger partial charge is 0.464 e. The molecule has 0 amide bonds. The zero-order valence-corrected chi connectivity index (χ0v) is 62.1. The number of ether oxygens (including phenoxy) is 1. The Hall–Kier alpha value is -1.19. The average Bonchev–Trinajstić information content (AvgIpc) is 3.71. The minimum atomic E-state index is -0.410. The number of hydrogen-bond acceptors (Lipinski definition) is 12. The molecule has 1 heterocycles. The monoisotopic (exact) mass is 1320 g/mol. The molecule has 0 radical (unpaired) electrons. The van der Waals surface area contributed by atoms with Crippen LogP contribution in [0.1, 0.15) is 329 Å². The van der Waals surface area contributed by atoms with Crippen molar-refractivity contribution >= 4 is 27.6 Å². The molecule has 0 aromatic heterocycles. The Morgan fingerprint density at radius 1 is 0.374 bits per heavy atom. The Labute approximate surface area is 573 Å². The quantitative estimate of drug-likeness (QED) is 0.0201. The molecule has 1 saturated heterocycles. The van der Waals surface area contributed by atoms with E-state index in [0.29, 0.717) is 52.2 Å². The van der Waals surface area contributed by atoms with Crippen molar-refractivity contribution in [2.24, 2.45) is 0 Å². The maximum atomic E-state index is 13.0. The second kappa shape index (κ2) is 70.1. The maximum Gasteiger partial charge on any atom is 0.305 e. The Morgan fingerprint density at radius 3 is 1.04 bits per heavy atom. The number of allylic oxidation sites excluding steroid dienone is 8. The summed E-state index contributed by atoms with van der Waals surface area (Å²) < 4.78 is 5.76. The van der Waals surface area contributed by atoms with Gasteiger partial charge in [-0.1, -0.05) is 291 Å². The van der Waals surface area contributed by atoms with Crippen molar-refractivity contribution in [3.8, 4) is 0 Å². The minimum Gasteiger partial charge on any atom is -0.464 e. The summed E-state index contributed by atoms with van der Waals surface area (Å²) in [6, 6.07) is 0. The van der Waals surface area contributed by atoms with Crippen LogP contribution in [0.5, 0.6) is 0 Å². The number of piperazine rings is 1. The van der Waals surface area contributed by atoms with E-state index in [0.717, 1.165) is 141 Å². The molecule has 0 aromatic carbocycles. The van der Waals surface area contributed by atoms with Crippen molar-refractivity contribution in [2.75, 3.05) is 96.6 Å². The number of esters is 1. The van der Waals surface area contributed by atoms with Crippen molar-refractivity contribution < 1.29 is 30.0 Å². The highest BCUT2D eigenvalue weighted by atomic mass is 33.1. The molecule has 0 bridgehead atoms. The summed E-state index contributed by atoms with van der Waals surface area (Å²) in [6.07, 6.45) is 72.0. The van der Waals surface area contributed by atoms with Crippen molar-refractivity contribution in [1.29, 1.82) is 0 Å². The summed E-state index contributed by atoms with van der Waals surface area (Å²) in [5.41, 5.74) is 0. The van der Waals surface area contributed by atoms with Crippen LogP contribution in [0, 0.1) is 0 Å². The zero-order chi connectivity index (χ0) is 65.8. The molecule has 10 nitrogen and oxygen atoms in total. The van der Waals surface area contributed by atoms with Crippen molar-refractivity contribution in [2.45, 2.75) is 354 Å². The van der Waals surface area contributed by atoms with E-state index in [4.69, 9.17) is 4.74 Å². The summed E-state index contributed by atoms with van der Waals surface area (Å²) >= 11 is 0. The Balaban J connectivity index is 2.45. The molecule has 0 aliphatic carbocycles. The smallest absolute Gasteiger partial charge is 0.305 e. The highest BCUT2D eigenvalue weighted by Gasteiger charge is 2.20. The lowest BCUT2D eigenvalue weighted by atomic mass is 10.0. The van der Waals surface area contributed by atoms with Crippen LogP contribution >= 0.6 is 21.6 Å². The predicted octanol–water partition coefficient (Wildman–Crippen LogP) is 20.2. The third-order valence-corrected chi connectivity index (χ3v) is 20.9. The van der Waals surface area contributed by atoms with Crippen LogP contribution < -0.4 is 0 Å². The highest BCUT2D eigenvalue weighted by molar-refractivity contribution is 8.76. The van der Waals surface area contributed by atoms with Crippen LogP contribution in [0.2, 0.25) is 0 Å². The standard InChI is InChI=1S/C79H152N4O6S2/c1-5-9-13-17-21-25-29-31-33-35-39-43-47-51-57-77(86)73-83(74-78(87)58-52-48-44-40-36-34-32-30-26-22-18-14-10-6-2)61-54-69-90-91-70-67-81-64-62-80(63-65-81)66-68-89-79(88)59-53-60-82(71-75(84)55-49-45-41-37-27-23-19-15-11-7-3)72-76(85)56-50-46-42-38-28-24-20-16-12-8-4/h21-22,25-26,31-34,75-78,84-87H,5-20,23-24,27-30,35-74H2,1-4H3/b25-21-,26-22-,33-31-,34-32-/t75?,76?,77-,78-/m0/s1. The van der Waals surface area contributed by atoms with Crippen LogP contribution in [0.25, 0.3) is 0 Å². The Kier molecular flexibility index (Phi) is 67.7. The van der Waals surface area contributed by atoms with E-state index >= 15 is 0 Å². The molecule has 1 rings (SSSR count). The first-order valence-electron chi connectivity index (χ1n) is 39.3. The summed E-state index contributed by atoms with van der Waals surface area (Å²) in [5, 5.41) is 44.6. The van der Waals surface area contributed by atoms with Gasteiger partial charge >= 0.3 is 5.97 Å². The molecule has 2 unspecified atom stereocenters. The minimum absolute atomic E-state index is 0.146. The van der Waals surface area contributed by atoms with Crippen molar-refractivity contribution in [1.82, 2.24) is 19.6 Å². The van der Waals surface area contributed by atoms with E-state index in [1.165, 1.54) is 205 Å². The molecular formula is C79H152N4O6S2. The molecule has 0 spiro atoms. The lowest BCUT2D eigenvalue weighted by Crippen LogP contribution is -2.47. The zero-order valence-electron chi connectivity index (χ0n) is 60.5. The third kappa shape index (κ3) is 63.3. The Bertz CT molecular complexity index is 1530. The predicted molar refractivity (Wildman–Crippen MR) is 402 cm³/mol. The van der Waals surface area contributed by atoms with Gasteiger partial charge in [-0.2, -0.15) is 0 Å². The molecule has 12 heteroatoms. The van der Waals surface area contributed by atoms with Gasteiger partial charge in [0.25, 0.3) is 0 Å². The summed E-state index contributed by atoms with van der Waals surface area (Å²) in [6.45, 7) is 19.4. The van der Waals surface area contributed by atoms with Gasteiger partial charge in [-0.25, -0.2) is 0 Å². The molecule has 4 N–H and O–H groups in total. The normalized spacial score (nSPS) is 15.1. The van der Waals surface area contributed by atoms with Gasteiger partial charge in [0.15, 0.2) is 0 Å². The van der Waals surface area contributed by atoms with Crippen LogP contribution in [0.3, 0.4) is 0 Å². The molecular weight excluding hydrogens is 1170 g/mol. The Morgan fingerprint density at radius 2 is 0.670 bits per heavy atom. The SMILES string of the molecule is CCCCC/C=C\C/C=C\CCCCCC[C@H](O)CN(CCCSSCCN1CCN(CCOC(=O)CCCN(CC(O)CCCCCCCCCCCC)CC(O)CCCCCCCCCCCC)CC1)C[C@@H](O)CCCCCC/C=C\C/C=C\CCCCC. The second-order valence-electron chi connectivity index (χ2n) is 27.4. The topological polar surface area (TPSA) is 120 Å². The first kappa shape index (κ1) is 87.8. The number of aliphatic hydroxyl groups is 4. The van der Waals surface area contributed by atoms with Crippen LogP contribution in [0.4, 0.5) is 0 Å². The van der Waals surface area contributed by atoms with E-state index in [1.54, 1.807) is 0 Å². The number of unbranched alkanes of at least 4 members (excludes halogenated alkanes) is 32. The van der Waals surface area contributed by atoms with Gasteiger partial charge in [0, 0.05) is 83.4 Å². The molecule has 1 aliphatic heterocycles. The fraction of sp³-hybridized carbons (Fsp3) is 0.886. The fourth-order valence-electron chi connectivity index (χ4n) is 12.5. The highest BCUT2D eigenvalue weighted by Crippen LogP contribution is 2.23. The summed E-state index contributed by atoms with van der Waals surface area (Å²) in [7, 11) is 3.94. The number of nitrogens with zero attached hydrogens (tertiary/aromatic N) is 4. The molecule has 91 heavy (non-hydrogen) atoms. The van der Waals surface area contributed by atoms with Gasteiger partial charge in [-0.3, -0.25) is 24.4 Å². The van der Waals surface area contributed by atoms with E-state index in [-0.39, 0.29) is 18.2 Å². The maximum absolute atomic E-state index is 13.0. The van der Waals surface area contributed by atoms with Gasteiger partial charge in [0.05, 0.1) is 24.4 Å². The molecule has 1 fully saturated rings. The number of hydrogen-bond donors (Lipinski definition) is 4. The second-order valence-corrected chi connectivity index (χ2v) is 30.1. The molecule has 536 valence electrons. The van der Waals surface area contributed by atoms with Crippen molar-refractivity contribution in [3.63, 3.8) is 0 Å². The van der Waals surface area contributed by atoms with E-state index in [9.17, 15) is 25.2 Å². The van der Waals surface area contributed by atoms with E-state index in [1.807, 2.05) is 21.6 Å². The van der Waals surface area contributed by atoms with Crippen LogP contribution in [-0.4, -0.2) is 167 Å². The van der Waals surface area contributed by atoms with Crippen LogP contribution in [-0.2, 0) is 9.53 Å². The van der Waals surface area contributed by atoms with Crippen molar-refractivity contribution in [3.05, 3.63) is 48.6 Å². The van der Waals surface area contributed by atoms with Gasteiger partial charge in [-0.05, 0) is 116 Å². The number of carbonyl (C=O) groups is 1.